The van der Waals surface area contributed by atoms with Crippen LogP contribution in [0.1, 0.15) is 37.3 Å². The van der Waals surface area contributed by atoms with Gasteiger partial charge in [0.2, 0.25) is 0 Å². The van der Waals surface area contributed by atoms with Crippen molar-refractivity contribution in [2.24, 2.45) is 5.92 Å². The van der Waals surface area contributed by atoms with Crippen LogP contribution in [0.3, 0.4) is 0 Å². The lowest BCUT2D eigenvalue weighted by Crippen LogP contribution is -1.99. The first-order chi connectivity index (χ1) is 11.7. The highest BCUT2D eigenvalue weighted by Crippen LogP contribution is 2.21. The zero-order valence-electron chi connectivity index (χ0n) is 14.5. The summed E-state index contributed by atoms with van der Waals surface area (Å²) < 4.78 is 0. The monoisotopic (exact) mass is 318 g/mol. The Morgan fingerprint density at radius 3 is 2.71 bits per heavy atom. The van der Waals surface area contributed by atoms with Crippen LogP contribution in [0.2, 0.25) is 0 Å². The van der Waals surface area contributed by atoms with Crippen molar-refractivity contribution in [3.05, 3.63) is 78.0 Å². The molecule has 0 aliphatic carbocycles. The first-order valence-corrected chi connectivity index (χ1v) is 8.87. The molecule has 24 heavy (non-hydrogen) atoms. The number of pyridine rings is 1. The number of rotatable bonds is 1. The van der Waals surface area contributed by atoms with Gasteiger partial charge in [0.05, 0.1) is 0 Å². The molecule has 2 aromatic rings. The molecular weight excluding hydrogens is 292 g/mol. The van der Waals surface area contributed by atoms with Crippen LogP contribution in [-0.2, 0) is 12.8 Å². The Morgan fingerprint density at radius 2 is 1.92 bits per heavy atom. The van der Waals surface area contributed by atoms with Crippen LogP contribution in [0.4, 0.5) is 11.5 Å². The van der Waals surface area contributed by atoms with Gasteiger partial charge in [0.25, 0.3) is 0 Å². The lowest BCUT2D eigenvalue weighted by molar-refractivity contribution is 0.602. The fourth-order valence-electron chi connectivity index (χ4n) is 3.22. The van der Waals surface area contributed by atoms with Gasteiger partial charge in [0, 0.05) is 11.9 Å². The number of benzene rings is 1. The summed E-state index contributed by atoms with van der Waals surface area (Å²) in [5.41, 5.74) is 5.14. The van der Waals surface area contributed by atoms with Crippen molar-refractivity contribution in [1.29, 1.82) is 0 Å². The number of aryl methyl sites for hydroxylation is 2. The van der Waals surface area contributed by atoms with Crippen molar-refractivity contribution in [3.63, 3.8) is 0 Å². The summed E-state index contributed by atoms with van der Waals surface area (Å²) in [6, 6.07) is 13.0. The summed E-state index contributed by atoms with van der Waals surface area (Å²) >= 11 is 0. The lowest BCUT2D eigenvalue weighted by atomic mass is 9.96. The van der Waals surface area contributed by atoms with Gasteiger partial charge in [0.15, 0.2) is 0 Å². The Hall–Kier alpha value is -2.35. The highest BCUT2D eigenvalue weighted by Gasteiger charge is 2.05. The molecule has 4 rings (SSSR count). The van der Waals surface area contributed by atoms with Gasteiger partial charge in [-0.25, -0.2) is 4.98 Å². The van der Waals surface area contributed by atoms with Crippen LogP contribution < -0.4 is 5.32 Å². The first-order valence-electron chi connectivity index (χ1n) is 8.87. The SMILES string of the molecule is C=CC1=CC(C)CCCc2ccc(cc2)Nc2cc(ccn2)CC1. The molecule has 0 radical (unpaired) electrons. The smallest absolute Gasteiger partial charge is 0.130 e. The molecule has 0 amide bonds. The minimum atomic E-state index is 0.597. The minimum Gasteiger partial charge on any atom is -0.340 e. The van der Waals surface area contributed by atoms with Gasteiger partial charge in [-0.15, -0.1) is 0 Å². The van der Waals surface area contributed by atoms with Crippen LogP contribution in [0.5, 0.6) is 0 Å². The van der Waals surface area contributed by atoms with Gasteiger partial charge < -0.3 is 5.32 Å². The predicted octanol–water partition coefficient (Wildman–Crippen LogP) is 5.84. The maximum Gasteiger partial charge on any atom is 0.130 e. The van der Waals surface area contributed by atoms with Crippen LogP contribution in [0.25, 0.3) is 0 Å². The van der Waals surface area contributed by atoms with Gasteiger partial charge in [-0.3, -0.25) is 0 Å². The normalized spacial score (nSPS) is 18.5. The van der Waals surface area contributed by atoms with Crippen LogP contribution in [-0.4, -0.2) is 4.98 Å². The fraction of sp³-hybridized carbons (Fsp3) is 0.318. The van der Waals surface area contributed by atoms with Crippen molar-refractivity contribution < 1.29 is 0 Å². The zero-order valence-corrected chi connectivity index (χ0v) is 14.5. The van der Waals surface area contributed by atoms with E-state index in [1.54, 1.807) is 0 Å². The number of fused-ring (bicyclic) bond motifs is 8. The number of hydrogen-bond donors (Lipinski definition) is 1. The van der Waals surface area contributed by atoms with Gasteiger partial charge in [-0.05, 0) is 73.4 Å². The molecule has 0 fully saturated rings. The molecule has 2 aliphatic rings. The van der Waals surface area contributed by atoms with Crippen LogP contribution >= 0.6 is 0 Å². The maximum absolute atomic E-state index is 4.44. The standard InChI is InChI=1S/C22H26N2/c1-3-18-7-8-20-13-14-23-22(16-20)24-21-11-9-19(10-12-21)6-4-5-17(2)15-18/h3,9-17H,1,4-8H2,2H3,(H,23,24). The second kappa shape index (κ2) is 7.96. The van der Waals surface area contributed by atoms with Crippen LogP contribution in [0.15, 0.2) is 66.9 Å². The maximum atomic E-state index is 4.44. The van der Waals surface area contributed by atoms with E-state index >= 15 is 0 Å². The average Bonchev–Trinajstić information content (AvgIpc) is 2.60. The third-order valence-electron chi connectivity index (χ3n) is 4.64. The van der Waals surface area contributed by atoms with E-state index in [0.29, 0.717) is 5.92 Å². The molecule has 0 spiro atoms. The summed E-state index contributed by atoms with van der Waals surface area (Å²) in [7, 11) is 0. The Balaban J connectivity index is 1.87. The number of allylic oxidation sites excluding steroid dienone is 3. The molecular formula is C22H26N2. The number of nitrogens with zero attached hydrogens (tertiary/aromatic N) is 1. The van der Waals surface area contributed by atoms with E-state index in [4.69, 9.17) is 0 Å². The van der Waals surface area contributed by atoms with Crippen molar-refractivity contribution in [3.8, 4) is 0 Å². The summed E-state index contributed by atoms with van der Waals surface area (Å²) in [4.78, 5) is 4.44. The van der Waals surface area contributed by atoms with E-state index in [0.717, 1.165) is 30.8 Å². The summed E-state index contributed by atoms with van der Waals surface area (Å²) in [5, 5.41) is 3.40. The third kappa shape index (κ3) is 4.58. The quantitative estimate of drug-likeness (QED) is 0.714. The van der Waals surface area contributed by atoms with E-state index in [-0.39, 0.29) is 0 Å². The Kier molecular flexibility index (Phi) is 5.47. The lowest BCUT2D eigenvalue weighted by Gasteiger charge is -2.12. The fourth-order valence-corrected chi connectivity index (χ4v) is 3.22. The van der Waals surface area contributed by atoms with E-state index in [1.165, 1.54) is 29.5 Å². The van der Waals surface area contributed by atoms with E-state index in [2.05, 4.69) is 66.3 Å². The number of aromatic nitrogens is 1. The van der Waals surface area contributed by atoms with E-state index < -0.39 is 0 Å². The molecule has 0 saturated heterocycles. The first kappa shape index (κ1) is 16.5. The highest BCUT2D eigenvalue weighted by atomic mass is 15.0. The van der Waals surface area contributed by atoms with Crippen molar-refractivity contribution in [2.45, 2.75) is 39.0 Å². The second-order valence-electron chi connectivity index (χ2n) is 6.69. The predicted molar refractivity (Wildman–Crippen MR) is 103 cm³/mol. The van der Waals surface area contributed by atoms with Crippen molar-refractivity contribution >= 4 is 11.5 Å². The van der Waals surface area contributed by atoms with Crippen molar-refractivity contribution in [2.75, 3.05) is 5.32 Å². The van der Waals surface area contributed by atoms with Gasteiger partial charge in [-0.1, -0.05) is 43.4 Å². The summed E-state index contributed by atoms with van der Waals surface area (Å²) in [5.74, 6) is 1.50. The number of hydrogen-bond acceptors (Lipinski definition) is 2. The number of nitrogens with one attached hydrogen (secondary N) is 1. The average molecular weight is 318 g/mol. The van der Waals surface area contributed by atoms with E-state index in [1.807, 2.05) is 12.3 Å². The molecule has 1 aromatic heterocycles. The van der Waals surface area contributed by atoms with Crippen molar-refractivity contribution in [1.82, 2.24) is 4.98 Å². The van der Waals surface area contributed by atoms with Crippen LogP contribution in [0, 0.1) is 5.92 Å². The molecule has 1 atom stereocenters. The Labute approximate surface area is 145 Å². The second-order valence-corrected chi connectivity index (χ2v) is 6.69. The minimum absolute atomic E-state index is 0.597. The summed E-state index contributed by atoms with van der Waals surface area (Å²) in [6.07, 6.45) is 11.9. The molecule has 4 bridgehead atoms. The molecule has 1 unspecified atom stereocenters. The topological polar surface area (TPSA) is 24.9 Å². The molecule has 1 aromatic carbocycles. The molecule has 124 valence electrons. The zero-order chi connectivity index (χ0) is 16.8. The Bertz CT molecular complexity index is 713. The Morgan fingerprint density at radius 1 is 1.08 bits per heavy atom. The largest absolute Gasteiger partial charge is 0.340 e. The van der Waals surface area contributed by atoms with Gasteiger partial charge in [0.1, 0.15) is 5.82 Å². The molecule has 2 aliphatic heterocycles. The van der Waals surface area contributed by atoms with Gasteiger partial charge >= 0.3 is 0 Å². The molecule has 3 heterocycles. The van der Waals surface area contributed by atoms with E-state index in [9.17, 15) is 0 Å². The molecule has 2 nitrogen and oxygen atoms in total. The number of anilines is 2. The molecule has 2 heteroatoms. The summed E-state index contributed by atoms with van der Waals surface area (Å²) in [6.45, 7) is 6.30. The highest BCUT2D eigenvalue weighted by molar-refractivity contribution is 5.57. The van der Waals surface area contributed by atoms with Gasteiger partial charge in [-0.2, -0.15) is 0 Å². The molecule has 0 saturated carbocycles. The molecule has 1 N–H and O–H groups in total. The third-order valence-corrected chi connectivity index (χ3v) is 4.64.